The van der Waals surface area contributed by atoms with E-state index < -0.39 is 0 Å². The second-order valence-electron chi connectivity index (χ2n) is 4.52. The van der Waals surface area contributed by atoms with Crippen molar-refractivity contribution in [3.8, 4) is 17.2 Å². The summed E-state index contributed by atoms with van der Waals surface area (Å²) in [5.41, 5.74) is 6.41. The van der Waals surface area contributed by atoms with Crippen LogP contribution in [0.5, 0.6) is 5.75 Å². The predicted octanol–water partition coefficient (Wildman–Crippen LogP) is 2.15. The molecule has 2 aromatic rings. The Morgan fingerprint density at radius 1 is 1.47 bits per heavy atom. The van der Waals surface area contributed by atoms with Gasteiger partial charge in [0.05, 0.1) is 11.3 Å². The minimum absolute atomic E-state index is 0.00783. The minimum Gasteiger partial charge on any atom is -0.505 e. The third kappa shape index (κ3) is 1.63. The Morgan fingerprint density at radius 2 is 2.24 bits per heavy atom. The van der Waals surface area contributed by atoms with Crippen LogP contribution in [0.25, 0.3) is 11.5 Å². The van der Waals surface area contributed by atoms with Crippen molar-refractivity contribution in [1.82, 2.24) is 10.1 Å². The van der Waals surface area contributed by atoms with E-state index in [1.54, 1.807) is 18.2 Å². The molecule has 0 aliphatic heterocycles. The molecule has 3 rings (SSSR count). The highest BCUT2D eigenvalue weighted by Gasteiger charge is 2.38. The van der Waals surface area contributed by atoms with Crippen LogP contribution < -0.4 is 5.73 Å². The van der Waals surface area contributed by atoms with Gasteiger partial charge in [0, 0.05) is 5.92 Å². The van der Waals surface area contributed by atoms with Gasteiger partial charge in [-0.25, -0.2) is 0 Å². The Balaban J connectivity index is 1.98. The lowest BCUT2D eigenvalue weighted by Crippen LogP contribution is -1.88. The first-order valence-electron chi connectivity index (χ1n) is 5.58. The molecule has 1 heterocycles. The number of nitrogens with zero attached hydrogens (tertiary/aromatic N) is 2. The topological polar surface area (TPSA) is 85.2 Å². The summed E-state index contributed by atoms with van der Waals surface area (Å²) in [6.45, 7) is 2.15. The van der Waals surface area contributed by atoms with E-state index >= 15 is 0 Å². The van der Waals surface area contributed by atoms with E-state index in [2.05, 4.69) is 17.1 Å². The molecule has 1 fully saturated rings. The lowest BCUT2D eigenvalue weighted by atomic mass is 10.1. The standard InChI is InChI=1S/C12H13N3O2/c1-6-5-8(6)11-14-12(17-15-11)7-3-2-4-9(13)10(7)16/h2-4,6,8,16H,5,13H2,1H3. The first-order valence-corrected chi connectivity index (χ1v) is 5.58. The Morgan fingerprint density at radius 3 is 2.94 bits per heavy atom. The first kappa shape index (κ1) is 10.1. The predicted molar refractivity (Wildman–Crippen MR) is 62.3 cm³/mol. The SMILES string of the molecule is CC1CC1c1noc(-c2cccc(N)c2O)n1. The largest absolute Gasteiger partial charge is 0.505 e. The van der Waals surface area contributed by atoms with Crippen LogP contribution in [-0.4, -0.2) is 15.2 Å². The average Bonchev–Trinajstić information content (AvgIpc) is 2.86. The molecule has 1 aromatic carbocycles. The maximum absolute atomic E-state index is 9.81. The van der Waals surface area contributed by atoms with E-state index in [1.807, 2.05) is 0 Å². The fraction of sp³-hybridized carbons (Fsp3) is 0.333. The first-order chi connectivity index (χ1) is 8.16. The third-order valence-electron chi connectivity index (χ3n) is 3.18. The number of phenolic OH excluding ortho intramolecular Hbond substituents is 1. The van der Waals surface area contributed by atoms with Gasteiger partial charge in [-0.05, 0) is 24.5 Å². The summed E-state index contributed by atoms with van der Waals surface area (Å²) in [6.07, 6.45) is 1.10. The Kier molecular flexibility index (Phi) is 2.07. The second-order valence-corrected chi connectivity index (χ2v) is 4.52. The summed E-state index contributed by atoms with van der Waals surface area (Å²) in [5.74, 6) is 2.05. The maximum Gasteiger partial charge on any atom is 0.261 e. The Hall–Kier alpha value is -2.04. The maximum atomic E-state index is 9.81. The smallest absolute Gasteiger partial charge is 0.261 e. The number of nitrogens with two attached hydrogens (primary N) is 1. The number of para-hydroxylation sites is 1. The molecule has 2 unspecified atom stereocenters. The van der Waals surface area contributed by atoms with E-state index in [0.717, 1.165) is 6.42 Å². The van der Waals surface area contributed by atoms with Gasteiger partial charge in [0.2, 0.25) is 0 Å². The van der Waals surface area contributed by atoms with Crippen LogP contribution in [0.4, 0.5) is 5.69 Å². The summed E-state index contributed by atoms with van der Waals surface area (Å²) in [6, 6.07) is 5.08. The molecule has 5 nitrogen and oxygen atoms in total. The number of aromatic hydroxyl groups is 1. The summed E-state index contributed by atoms with van der Waals surface area (Å²) >= 11 is 0. The summed E-state index contributed by atoms with van der Waals surface area (Å²) in [7, 11) is 0. The summed E-state index contributed by atoms with van der Waals surface area (Å²) < 4.78 is 5.16. The van der Waals surface area contributed by atoms with Crippen LogP contribution in [-0.2, 0) is 0 Å². The highest BCUT2D eigenvalue weighted by Crippen LogP contribution is 2.46. The molecular formula is C12H13N3O2. The average molecular weight is 231 g/mol. The number of hydrogen-bond donors (Lipinski definition) is 2. The van der Waals surface area contributed by atoms with E-state index in [0.29, 0.717) is 34.8 Å². The van der Waals surface area contributed by atoms with Crippen molar-refractivity contribution < 1.29 is 9.63 Å². The van der Waals surface area contributed by atoms with E-state index in [1.165, 1.54) is 0 Å². The van der Waals surface area contributed by atoms with Gasteiger partial charge in [-0.2, -0.15) is 4.98 Å². The number of phenols is 1. The monoisotopic (exact) mass is 231 g/mol. The van der Waals surface area contributed by atoms with E-state index in [4.69, 9.17) is 10.3 Å². The molecule has 0 amide bonds. The zero-order chi connectivity index (χ0) is 12.0. The fourth-order valence-electron chi connectivity index (χ4n) is 1.91. The van der Waals surface area contributed by atoms with Gasteiger partial charge >= 0.3 is 0 Å². The third-order valence-corrected chi connectivity index (χ3v) is 3.18. The van der Waals surface area contributed by atoms with Crippen LogP contribution in [0.2, 0.25) is 0 Å². The van der Waals surface area contributed by atoms with Crippen LogP contribution in [0.15, 0.2) is 22.7 Å². The molecule has 1 saturated carbocycles. The molecule has 1 aliphatic rings. The molecule has 0 spiro atoms. The van der Waals surface area contributed by atoms with Crippen molar-refractivity contribution in [2.45, 2.75) is 19.3 Å². The van der Waals surface area contributed by atoms with E-state index in [-0.39, 0.29) is 5.75 Å². The van der Waals surface area contributed by atoms with Crippen LogP contribution in [0, 0.1) is 5.92 Å². The molecular weight excluding hydrogens is 218 g/mol. The zero-order valence-electron chi connectivity index (χ0n) is 9.42. The Bertz CT molecular complexity index is 565. The van der Waals surface area contributed by atoms with Crippen molar-refractivity contribution in [1.29, 1.82) is 0 Å². The van der Waals surface area contributed by atoms with Crippen LogP contribution in [0.1, 0.15) is 25.1 Å². The van der Waals surface area contributed by atoms with Gasteiger partial charge in [0.15, 0.2) is 11.6 Å². The number of benzene rings is 1. The normalized spacial score (nSPS) is 22.6. The number of aromatic nitrogens is 2. The van der Waals surface area contributed by atoms with Crippen molar-refractivity contribution in [2.24, 2.45) is 5.92 Å². The van der Waals surface area contributed by atoms with Gasteiger partial charge in [-0.3, -0.25) is 0 Å². The van der Waals surface area contributed by atoms with Crippen LogP contribution >= 0.6 is 0 Å². The molecule has 3 N–H and O–H groups in total. The molecule has 0 radical (unpaired) electrons. The van der Waals surface area contributed by atoms with E-state index in [9.17, 15) is 5.11 Å². The van der Waals surface area contributed by atoms with Gasteiger partial charge < -0.3 is 15.4 Å². The van der Waals surface area contributed by atoms with Crippen molar-refractivity contribution in [2.75, 3.05) is 5.73 Å². The second kappa shape index (κ2) is 3.48. The number of rotatable bonds is 2. The molecule has 1 aromatic heterocycles. The molecule has 2 atom stereocenters. The highest BCUT2D eigenvalue weighted by molar-refractivity contribution is 5.71. The van der Waals surface area contributed by atoms with Crippen molar-refractivity contribution in [3.63, 3.8) is 0 Å². The fourth-order valence-corrected chi connectivity index (χ4v) is 1.91. The van der Waals surface area contributed by atoms with Crippen molar-refractivity contribution >= 4 is 5.69 Å². The summed E-state index contributed by atoms with van der Waals surface area (Å²) in [4.78, 5) is 4.30. The van der Waals surface area contributed by atoms with Gasteiger partial charge in [-0.15, -0.1) is 0 Å². The van der Waals surface area contributed by atoms with Crippen molar-refractivity contribution in [3.05, 3.63) is 24.0 Å². The summed E-state index contributed by atoms with van der Waals surface area (Å²) in [5, 5.41) is 13.8. The van der Waals surface area contributed by atoms with Gasteiger partial charge in [0.1, 0.15) is 0 Å². The molecule has 1 aliphatic carbocycles. The minimum atomic E-state index is -0.00783. The van der Waals surface area contributed by atoms with Gasteiger partial charge in [0.25, 0.3) is 5.89 Å². The number of anilines is 1. The molecule has 17 heavy (non-hydrogen) atoms. The number of nitrogen functional groups attached to an aromatic ring is 1. The quantitative estimate of drug-likeness (QED) is 0.611. The molecule has 0 bridgehead atoms. The van der Waals surface area contributed by atoms with Crippen LogP contribution in [0.3, 0.4) is 0 Å². The lowest BCUT2D eigenvalue weighted by Gasteiger charge is -2.01. The zero-order valence-corrected chi connectivity index (χ0v) is 9.42. The Labute approximate surface area is 98.3 Å². The van der Waals surface area contributed by atoms with Gasteiger partial charge in [-0.1, -0.05) is 18.1 Å². The number of hydrogen-bond acceptors (Lipinski definition) is 5. The molecule has 0 saturated heterocycles. The highest BCUT2D eigenvalue weighted by atomic mass is 16.5. The molecule has 5 heteroatoms. The lowest BCUT2D eigenvalue weighted by molar-refractivity contribution is 0.417. The molecule has 88 valence electrons.